The molecule has 12 rings (SSSR count). The van der Waals surface area contributed by atoms with Gasteiger partial charge in [-0.25, -0.2) is 18.1 Å². The maximum absolute atomic E-state index is 14.2. The number of aromatic amines is 1. The number of pyridine rings is 1. The number of piperazine rings is 2. The zero-order chi connectivity index (χ0) is 61.6. The molecule has 4 N–H and O–H groups in total. The van der Waals surface area contributed by atoms with E-state index in [9.17, 15) is 37.7 Å². The Kier molecular flexibility index (Phi) is 17.6. The summed E-state index contributed by atoms with van der Waals surface area (Å²) in [6.07, 6.45) is 10.7. The van der Waals surface area contributed by atoms with Crippen LogP contribution in [0.25, 0.3) is 16.6 Å². The Morgan fingerprint density at radius 3 is 2.44 bits per heavy atom. The molecule has 1 saturated carbocycles. The van der Waals surface area contributed by atoms with Gasteiger partial charge in [0.05, 0.1) is 21.6 Å². The van der Waals surface area contributed by atoms with Gasteiger partial charge in [0.15, 0.2) is 0 Å². The molecule has 20 nitrogen and oxygen atoms in total. The van der Waals surface area contributed by atoms with Crippen molar-refractivity contribution in [1.82, 2.24) is 39.6 Å². The first kappa shape index (κ1) is 61.0. The van der Waals surface area contributed by atoms with Crippen LogP contribution in [0.2, 0.25) is 5.02 Å². The number of piperidine rings is 1. The standard InChI is InChI=1S/C65H73BrClN11O9S/c1-40-36-76(27-26-75(40)37-42-28-52-54(55(66)29-42)39-77(64(52)82)57-16-17-60(79)71-63(57)81)47-10-4-41(5-11-47)34-69-56-15-13-50(32-58(56)78(83)84)88(85,86)72-62(80)51-14-12-48(31-59(51)87-49-30-44-19-21-68-61(44)70-35-49)74-24-22-73(23-25-74)38-45-18-20-65(2,3)33-53(45)43-6-8-46(67)9-7-43/h6-9,12-15,19,21,28-32,35,40-41,47,57,69H,4-5,10-11,16-18,20,22-27,33-34,36-39H2,1-3H3,(H,68,70)(H,72,80)(H,71,79,81)/t40-,41?,47?,57?/m0/s1. The van der Waals surface area contributed by atoms with Gasteiger partial charge in [0, 0.05) is 135 Å². The largest absolute Gasteiger partial charge is 0.455 e. The maximum Gasteiger partial charge on any atom is 0.293 e. The van der Waals surface area contributed by atoms with Gasteiger partial charge in [-0.05, 0) is 153 Å². The molecule has 462 valence electrons. The summed E-state index contributed by atoms with van der Waals surface area (Å²) in [5.74, 6) is -1.21. The van der Waals surface area contributed by atoms with Crippen LogP contribution in [-0.4, -0.2) is 144 Å². The average Bonchev–Trinajstić information content (AvgIpc) is 2.41. The number of aromatic nitrogens is 2. The van der Waals surface area contributed by atoms with Crippen LogP contribution in [-0.2, 0) is 32.7 Å². The second-order valence-electron chi connectivity index (χ2n) is 25.3. The van der Waals surface area contributed by atoms with Crippen molar-refractivity contribution in [3.63, 3.8) is 0 Å². The normalized spacial score (nSPS) is 22.2. The Labute approximate surface area is 525 Å². The molecule has 2 aromatic heterocycles. The molecule has 0 bridgehead atoms. The minimum Gasteiger partial charge on any atom is -0.455 e. The summed E-state index contributed by atoms with van der Waals surface area (Å²) in [5, 5.41) is 19.7. The number of imide groups is 1. The number of carbonyl (C=O) groups is 4. The van der Waals surface area contributed by atoms with E-state index in [1.165, 1.54) is 35.0 Å². The molecule has 4 aromatic carbocycles. The highest BCUT2D eigenvalue weighted by molar-refractivity contribution is 9.10. The Balaban J connectivity index is 0.654. The van der Waals surface area contributed by atoms with Crippen molar-refractivity contribution in [2.45, 2.75) is 115 Å². The number of halogens is 2. The summed E-state index contributed by atoms with van der Waals surface area (Å²) >= 11 is 9.98. The Bertz CT molecular complexity index is 3860. The van der Waals surface area contributed by atoms with Crippen LogP contribution in [0.3, 0.4) is 0 Å². The Morgan fingerprint density at radius 2 is 1.69 bits per heavy atom. The van der Waals surface area contributed by atoms with E-state index < -0.39 is 43.4 Å². The Hall–Kier alpha value is -7.21. The lowest BCUT2D eigenvalue weighted by atomic mass is 9.72. The fraction of sp³-hybridized carbons (Fsp3) is 0.431. The molecule has 6 aliphatic rings. The number of ether oxygens (including phenoxy) is 1. The van der Waals surface area contributed by atoms with Crippen molar-refractivity contribution >= 4 is 94.9 Å². The molecular formula is C65H73BrClN11O9S. The number of carbonyl (C=O) groups excluding carboxylic acids is 4. The number of anilines is 2. The molecule has 4 amide bonds. The molecule has 2 aliphatic carbocycles. The topological polar surface area (TPSA) is 236 Å². The van der Waals surface area contributed by atoms with Crippen molar-refractivity contribution in [3.8, 4) is 11.5 Å². The van der Waals surface area contributed by atoms with Gasteiger partial charge < -0.3 is 24.8 Å². The summed E-state index contributed by atoms with van der Waals surface area (Å²) in [4.78, 5) is 82.6. The number of nitro benzene ring substituents is 1. The smallest absolute Gasteiger partial charge is 0.293 e. The molecule has 6 heterocycles. The molecule has 0 radical (unpaired) electrons. The lowest BCUT2D eigenvalue weighted by Crippen LogP contribution is -2.55. The molecule has 1 unspecified atom stereocenters. The van der Waals surface area contributed by atoms with Gasteiger partial charge in [0.2, 0.25) is 11.8 Å². The van der Waals surface area contributed by atoms with Gasteiger partial charge >= 0.3 is 0 Å². The average molecular weight is 1300 g/mol. The van der Waals surface area contributed by atoms with E-state index >= 15 is 0 Å². The number of fused-ring (bicyclic) bond motifs is 2. The van der Waals surface area contributed by atoms with Gasteiger partial charge in [-0.15, -0.1) is 0 Å². The number of benzene rings is 4. The fourth-order valence-corrected chi connectivity index (χ4v) is 15.5. The van der Waals surface area contributed by atoms with E-state index in [0.717, 1.165) is 122 Å². The summed E-state index contributed by atoms with van der Waals surface area (Å²) in [5.41, 5.74) is 7.89. The third-order valence-electron chi connectivity index (χ3n) is 18.8. The number of sulfonamides is 1. The van der Waals surface area contributed by atoms with Gasteiger partial charge in [0.25, 0.3) is 27.5 Å². The van der Waals surface area contributed by atoms with Crippen molar-refractivity contribution in [1.29, 1.82) is 0 Å². The van der Waals surface area contributed by atoms with Crippen molar-refractivity contribution in [2.75, 3.05) is 69.1 Å². The molecule has 88 heavy (non-hydrogen) atoms. The molecule has 4 aliphatic heterocycles. The van der Waals surface area contributed by atoms with E-state index in [0.29, 0.717) is 62.1 Å². The van der Waals surface area contributed by atoms with Crippen molar-refractivity contribution < 1.29 is 37.3 Å². The zero-order valence-electron chi connectivity index (χ0n) is 49.7. The predicted molar refractivity (Wildman–Crippen MR) is 341 cm³/mol. The number of amides is 4. The Morgan fingerprint density at radius 1 is 0.909 bits per heavy atom. The van der Waals surface area contributed by atoms with Gasteiger partial charge in [-0.2, -0.15) is 0 Å². The zero-order valence-corrected chi connectivity index (χ0v) is 52.8. The predicted octanol–water partition coefficient (Wildman–Crippen LogP) is 10.5. The molecule has 3 saturated heterocycles. The minimum atomic E-state index is -4.63. The van der Waals surface area contributed by atoms with Crippen LogP contribution in [0.1, 0.15) is 116 Å². The first-order valence-electron chi connectivity index (χ1n) is 30.4. The molecule has 6 aromatic rings. The summed E-state index contributed by atoms with van der Waals surface area (Å²) in [6, 6.07) is 24.5. The molecule has 0 spiro atoms. The van der Waals surface area contributed by atoms with Crippen LogP contribution >= 0.6 is 27.5 Å². The third kappa shape index (κ3) is 13.4. The van der Waals surface area contributed by atoms with Crippen LogP contribution in [0.15, 0.2) is 112 Å². The summed E-state index contributed by atoms with van der Waals surface area (Å²) in [6.45, 7) is 14.9. The number of nitrogens with zero attached hydrogens (tertiary/aromatic N) is 7. The highest BCUT2D eigenvalue weighted by Gasteiger charge is 2.41. The SMILES string of the molecule is C[C@H]1CN(C2CCC(CNc3ccc(S(=O)(=O)NC(=O)c4ccc(N5CCN(CC6=C(c7ccc(Cl)cc7)CC(C)(C)CC6)CC5)cc4Oc4cnc5[nH]ccc5c4)cc3[N+](=O)[O-])CC2)CCN1Cc1cc(Br)c2c(c1)C(=O)N(C1CCC(=O)NC1=O)C2. The fourth-order valence-electron chi connectivity index (χ4n) is 13.8. The van der Waals surface area contributed by atoms with Crippen LogP contribution < -0.4 is 25.0 Å². The minimum absolute atomic E-state index is 0.0518. The second kappa shape index (κ2) is 25.3. The number of allylic oxidation sites excluding steroid dienone is 1. The van der Waals surface area contributed by atoms with Crippen LogP contribution in [0.5, 0.6) is 11.5 Å². The number of hydrogen-bond donors (Lipinski definition) is 4. The van der Waals surface area contributed by atoms with Crippen molar-refractivity contribution in [3.05, 3.63) is 150 Å². The van der Waals surface area contributed by atoms with E-state index in [4.69, 9.17) is 16.3 Å². The van der Waals surface area contributed by atoms with E-state index in [1.54, 1.807) is 35.4 Å². The number of nitrogens with one attached hydrogen (secondary N) is 4. The highest BCUT2D eigenvalue weighted by Crippen LogP contribution is 2.44. The summed E-state index contributed by atoms with van der Waals surface area (Å²) in [7, 11) is -4.63. The molecular weight excluding hydrogens is 1230 g/mol. The van der Waals surface area contributed by atoms with E-state index in [-0.39, 0.29) is 52.6 Å². The van der Waals surface area contributed by atoms with E-state index in [1.807, 2.05) is 24.3 Å². The molecule has 4 fully saturated rings. The quantitative estimate of drug-likeness (QED) is 0.0378. The number of hydrogen-bond acceptors (Lipinski definition) is 15. The lowest BCUT2D eigenvalue weighted by molar-refractivity contribution is -0.384. The van der Waals surface area contributed by atoms with Crippen molar-refractivity contribution in [2.24, 2.45) is 11.3 Å². The first-order chi connectivity index (χ1) is 42.2. The molecule has 2 atom stereocenters. The monoisotopic (exact) mass is 1300 g/mol. The van der Waals surface area contributed by atoms with Crippen LogP contribution in [0.4, 0.5) is 17.1 Å². The van der Waals surface area contributed by atoms with Gasteiger partial charge in [-0.3, -0.25) is 49.3 Å². The van der Waals surface area contributed by atoms with E-state index in [2.05, 4.69) is 99.8 Å². The van der Waals surface area contributed by atoms with Crippen LogP contribution in [0, 0.1) is 21.4 Å². The second-order valence-corrected chi connectivity index (χ2v) is 28.3. The maximum atomic E-state index is 14.2. The number of nitro groups is 1. The number of H-pyrrole nitrogens is 1. The summed E-state index contributed by atoms with van der Waals surface area (Å²) < 4.78 is 37.5. The molecule has 23 heteroatoms. The van der Waals surface area contributed by atoms with Gasteiger partial charge in [-0.1, -0.05) is 59.1 Å². The highest BCUT2D eigenvalue weighted by atomic mass is 79.9. The van der Waals surface area contributed by atoms with Gasteiger partial charge in [0.1, 0.15) is 28.9 Å². The number of rotatable bonds is 17. The first-order valence-corrected chi connectivity index (χ1v) is 33.1. The lowest BCUT2D eigenvalue weighted by Gasteiger charge is -2.45. The third-order valence-corrected chi connectivity index (χ3v) is 21.1.